The molecule has 1 rings (SSSR count). The lowest BCUT2D eigenvalue weighted by atomic mass is 9.85. The number of nitrogens with two attached hydrogens (primary N) is 1. The Kier molecular flexibility index (Phi) is 5.81. The lowest BCUT2D eigenvalue weighted by Crippen LogP contribution is -2.40. The lowest BCUT2D eigenvalue weighted by Gasteiger charge is -2.29. The van der Waals surface area contributed by atoms with Gasteiger partial charge >= 0.3 is 0 Å². The van der Waals surface area contributed by atoms with E-state index in [-0.39, 0.29) is 11.8 Å². The second-order valence-electron chi connectivity index (χ2n) is 5.05. The van der Waals surface area contributed by atoms with Crippen molar-refractivity contribution < 1.29 is 4.79 Å². The molecule has 3 N–H and O–H groups in total. The molecule has 0 aromatic carbocycles. The summed E-state index contributed by atoms with van der Waals surface area (Å²) >= 11 is 0. The minimum absolute atomic E-state index is 0.105. The van der Waals surface area contributed by atoms with Gasteiger partial charge in [0.25, 0.3) is 0 Å². The average Bonchev–Trinajstić information content (AvgIpc) is 2.31. The smallest absolute Gasteiger partial charge is 0.220 e. The zero-order chi connectivity index (χ0) is 12.0. The Morgan fingerprint density at radius 2 is 2.06 bits per heavy atom. The van der Waals surface area contributed by atoms with Gasteiger partial charge in [-0.3, -0.25) is 4.79 Å². The van der Waals surface area contributed by atoms with Crippen molar-refractivity contribution in [3.63, 3.8) is 0 Å². The van der Waals surface area contributed by atoms with Crippen molar-refractivity contribution in [3.8, 4) is 0 Å². The van der Waals surface area contributed by atoms with Crippen LogP contribution in [0.5, 0.6) is 0 Å². The monoisotopic (exact) mass is 226 g/mol. The Bertz CT molecular complexity index is 214. The molecule has 1 aliphatic rings. The van der Waals surface area contributed by atoms with Crippen LogP contribution >= 0.6 is 0 Å². The largest absolute Gasteiger partial charge is 0.369 e. The van der Waals surface area contributed by atoms with Gasteiger partial charge in [-0.25, -0.2) is 0 Å². The standard InChI is InChI=1S/C13H26N2O/c1-3-10(4-2)9-15-12-7-5-6-11(8-12)13(14)16/h10-12,15H,3-9H2,1-2H3,(H2,14,16). The van der Waals surface area contributed by atoms with Crippen LogP contribution in [0.3, 0.4) is 0 Å². The van der Waals surface area contributed by atoms with Gasteiger partial charge in [0, 0.05) is 12.0 Å². The average molecular weight is 226 g/mol. The number of hydrogen-bond acceptors (Lipinski definition) is 2. The first kappa shape index (κ1) is 13.5. The maximum atomic E-state index is 11.1. The topological polar surface area (TPSA) is 55.1 Å². The van der Waals surface area contributed by atoms with Crippen LogP contribution in [0.15, 0.2) is 0 Å². The van der Waals surface area contributed by atoms with Crippen LogP contribution in [0.1, 0.15) is 52.4 Å². The van der Waals surface area contributed by atoms with Crippen LogP contribution in [-0.4, -0.2) is 18.5 Å². The van der Waals surface area contributed by atoms with E-state index in [1.54, 1.807) is 0 Å². The third-order valence-electron chi connectivity index (χ3n) is 3.93. The van der Waals surface area contributed by atoms with Crippen molar-refractivity contribution in [3.05, 3.63) is 0 Å². The molecule has 0 heterocycles. The normalized spacial score (nSPS) is 25.9. The van der Waals surface area contributed by atoms with Crippen LogP contribution in [0.4, 0.5) is 0 Å². The van der Waals surface area contributed by atoms with E-state index in [1.165, 1.54) is 19.3 Å². The predicted octanol–water partition coefficient (Wildman–Crippen LogP) is 2.06. The van der Waals surface area contributed by atoms with Crippen molar-refractivity contribution >= 4 is 5.91 Å². The second kappa shape index (κ2) is 6.89. The highest BCUT2D eigenvalue weighted by Gasteiger charge is 2.25. The van der Waals surface area contributed by atoms with Gasteiger partial charge in [-0.2, -0.15) is 0 Å². The molecule has 0 aromatic rings. The fourth-order valence-electron chi connectivity index (χ4n) is 2.54. The quantitative estimate of drug-likeness (QED) is 0.728. The molecule has 94 valence electrons. The number of hydrogen-bond donors (Lipinski definition) is 2. The number of carbonyl (C=O) groups is 1. The molecule has 2 atom stereocenters. The zero-order valence-corrected chi connectivity index (χ0v) is 10.7. The van der Waals surface area contributed by atoms with E-state index < -0.39 is 0 Å². The molecule has 0 aromatic heterocycles. The molecular formula is C13H26N2O. The maximum Gasteiger partial charge on any atom is 0.220 e. The second-order valence-corrected chi connectivity index (χ2v) is 5.05. The Labute approximate surface area is 99.2 Å². The van der Waals surface area contributed by atoms with E-state index >= 15 is 0 Å². The summed E-state index contributed by atoms with van der Waals surface area (Å²) in [7, 11) is 0. The van der Waals surface area contributed by atoms with Crippen molar-refractivity contribution in [1.29, 1.82) is 0 Å². The van der Waals surface area contributed by atoms with Crippen molar-refractivity contribution in [2.75, 3.05) is 6.54 Å². The van der Waals surface area contributed by atoms with Crippen molar-refractivity contribution in [2.24, 2.45) is 17.6 Å². The van der Waals surface area contributed by atoms with Gasteiger partial charge in [0.1, 0.15) is 0 Å². The maximum absolute atomic E-state index is 11.1. The van der Waals surface area contributed by atoms with Crippen LogP contribution in [0, 0.1) is 11.8 Å². The van der Waals surface area contributed by atoms with Gasteiger partial charge in [0.05, 0.1) is 0 Å². The lowest BCUT2D eigenvalue weighted by molar-refractivity contribution is -0.122. The number of carbonyl (C=O) groups excluding carboxylic acids is 1. The third kappa shape index (κ3) is 4.12. The highest BCUT2D eigenvalue weighted by molar-refractivity contribution is 5.76. The summed E-state index contributed by atoms with van der Waals surface area (Å²) in [6, 6.07) is 0.506. The Morgan fingerprint density at radius 1 is 1.38 bits per heavy atom. The van der Waals surface area contributed by atoms with E-state index in [4.69, 9.17) is 5.73 Å². The first-order valence-corrected chi connectivity index (χ1v) is 6.70. The molecule has 0 bridgehead atoms. The van der Waals surface area contributed by atoms with Gasteiger partial charge < -0.3 is 11.1 Å². The van der Waals surface area contributed by atoms with Gasteiger partial charge in [0.2, 0.25) is 5.91 Å². The van der Waals surface area contributed by atoms with Crippen molar-refractivity contribution in [1.82, 2.24) is 5.32 Å². The van der Waals surface area contributed by atoms with Crippen LogP contribution in [-0.2, 0) is 4.79 Å². The summed E-state index contributed by atoms with van der Waals surface area (Å²) < 4.78 is 0. The third-order valence-corrected chi connectivity index (χ3v) is 3.93. The first-order chi connectivity index (χ1) is 7.67. The Morgan fingerprint density at radius 3 is 2.62 bits per heavy atom. The van der Waals surface area contributed by atoms with Crippen LogP contribution in [0.2, 0.25) is 0 Å². The van der Waals surface area contributed by atoms with Gasteiger partial charge in [0.15, 0.2) is 0 Å². The molecule has 0 saturated heterocycles. The Hall–Kier alpha value is -0.570. The highest BCUT2D eigenvalue weighted by atomic mass is 16.1. The number of amides is 1. The van der Waals surface area contributed by atoms with Crippen LogP contribution < -0.4 is 11.1 Å². The van der Waals surface area contributed by atoms with Crippen LogP contribution in [0.25, 0.3) is 0 Å². The van der Waals surface area contributed by atoms with E-state index in [1.807, 2.05) is 0 Å². The Balaban J connectivity index is 2.29. The van der Waals surface area contributed by atoms with E-state index in [0.717, 1.165) is 31.7 Å². The molecule has 1 saturated carbocycles. The molecule has 16 heavy (non-hydrogen) atoms. The molecule has 0 aliphatic heterocycles. The molecular weight excluding hydrogens is 200 g/mol. The summed E-state index contributed by atoms with van der Waals surface area (Å²) in [6.45, 7) is 5.56. The molecule has 1 amide bonds. The summed E-state index contributed by atoms with van der Waals surface area (Å²) in [5, 5.41) is 3.60. The van der Waals surface area contributed by atoms with Gasteiger partial charge in [-0.15, -0.1) is 0 Å². The molecule has 2 unspecified atom stereocenters. The molecule has 0 spiro atoms. The molecule has 3 heteroatoms. The summed E-state index contributed by atoms with van der Waals surface area (Å²) in [5.74, 6) is 0.760. The molecule has 1 fully saturated rings. The first-order valence-electron chi connectivity index (χ1n) is 6.70. The summed E-state index contributed by atoms with van der Waals surface area (Å²) in [6.07, 6.45) is 6.72. The fourth-order valence-corrected chi connectivity index (χ4v) is 2.54. The molecule has 0 radical (unpaired) electrons. The summed E-state index contributed by atoms with van der Waals surface area (Å²) in [5.41, 5.74) is 5.37. The SMILES string of the molecule is CCC(CC)CNC1CCCC(C(N)=O)C1. The van der Waals surface area contributed by atoms with E-state index in [2.05, 4.69) is 19.2 Å². The zero-order valence-electron chi connectivity index (χ0n) is 10.7. The predicted molar refractivity (Wildman–Crippen MR) is 67.0 cm³/mol. The van der Waals surface area contributed by atoms with E-state index in [0.29, 0.717) is 6.04 Å². The van der Waals surface area contributed by atoms with Crippen molar-refractivity contribution in [2.45, 2.75) is 58.4 Å². The molecule has 1 aliphatic carbocycles. The number of rotatable bonds is 6. The highest BCUT2D eigenvalue weighted by Crippen LogP contribution is 2.24. The minimum atomic E-state index is -0.117. The van der Waals surface area contributed by atoms with E-state index in [9.17, 15) is 4.79 Å². The fraction of sp³-hybridized carbons (Fsp3) is 0.923. The minimum Gasteiger partial charge on any atom is -0.369 e. The van der Waals surface area contributed by atoms with Gasteiger partial charge in [-0.05, 0) is 31.7 Å². The summed E-state index contributed by atoms with van der Waals surface area (Å²) in [4.78, 5) is 11.1. The number of primary amides is 1. The number of nitrogens with one attached hydrogen (secondary N) is 1. The van der Waals surface area contributed by atoms with Gasteiger partial charge in [-0.1, -0.05) is 33.1 Å². The molecule has 3 nitrogen and oxygen atoms in total.